The van der Waals surface area contributed by atoms with Crippen molar-refractivity contribution in [3.8, 4) is 0 Å². The van der Waals surface area contributed by atoms with E-state index in [2.05, 4.69) is 10.6 Å². The van der Waals surface area contributed by atoms with Gasteiger partial charge in [-0.1, -0.05) is 12.1 Å². The third kappa shape index (κ3) is 4.26. The lowest BCUT2D eigenvalue weighted by atomic mass is 10.1. The number of carbonyl (C=O) groups is 2. The number of hydrogen-bond donors (Lipinski definition) is 2. The molecule has 2 unspecified atom stereocenters. The number of rotatable bonds is 4. The molecule has 6 nitrogen and oxygen atoms in total. The van der Waals surface area contributed by atoms with Crippen LogP contribution in [-0.4, -0.2) is 44.2 Å². The zero-order valence-electron chi connectivity index (χ0n) is 13.8. The molecule has 1 aromatic carbocycles. The van der Waals surface area contributed by atoms with Crippen molar-refractivity contribution >= 4 is 29.9 Å². The molecule has 24 heavy (non-hydrogen) atoms. The first-order valence-electron chi connectivity index (χ1n) is 8.18. The van der Waals surface area contributed by atoms with Crippen LogP contribution in [0.5, 0.6) is 0 Å². The van der Waals surface area contributed by atoms with Crippen molar-refractivity contribution in [2.45, 2.75) is 31.9 Å². The van der Waals surface area contributed by atoms with Gasteiger partial charge in [0.25, 0.3) is 5.91 Å². The number of anilines is 1. The Bertz CT molecular complexity index is 573. The smallest absolute Gasteiger partial charge is 0.250 e. The first kappa shape index (κ1) is 18.7. The Morgan fingerprint density at radius 3 is 2.71 bits per heavy atom. The highest BCUT2D eigenvalue weighted by Crippen LogP contribution is 2.23. The Morgan fingerprint density at radius 1 is 1.38 bits per heavy atom. The second-order valence-electron chi connectivity index (χ2n) is 6.03. The molecule has 3 rings (SSSR count). The van der Waals surface area contributed by atoms with E-state index in [1.165, 1.54) is 0 Å². The predicted octanol–water partition coefficient (Wildman–Crippen LogP) is 1.40. The number of benzene rings is 1. The average molecular weight is 354 g/mol. The standard InChI is InChI=1S/C17H23N3O3.ClH/c1-12(19-17(22)15-11-18-8-10-23-15)13-4-6-14(7-5-13)20-9-2-3-16(20)21;/h4-7,12,15,18H,2-3,8-11H2,1H3,(H,19,22);1H. The summed E-state index contributed by atoms with van der Waals surface area (Å²) in [5.41, 5.74) is 1.94. The average Bonchev–Trinajstić information content (AvgIpc) is 3.02. The van der Waals surface area contributed by atoms with Gasteiger partial charge in [0.1, 0.15) is 6.10 Å². The van der Waals surface area contributed by atoms with E-state index in [9.17, 15) is 9.59 Å². The molecular formula is C17H24ClN3O3. The Hall–Kier alpha value is -1.63. The Balaban J connectivity index is 0.00000208. The molecule has 0 radical (unpaired) electrons. The van der Waals surface area contributed by atoms with E-state index in [1.54, 1.807) is 0 Å². The van der Waals surface area contributed by atoms with Gasteiger partial charge in [-0.15, -0.1) is 12.4 Å². The maximum atomic E-state index is 12.2. The van der Waals surface area contributed by atoms with Crippen molar-refractivity contribution in [1.29, 1.82) is 0 Å². The molecule has 2 atom stereocenters. The van der Waals surface area contributed by atoms with Crippen LogP contribution in [0.2, 0.25) is 0 Å². The van der Waals surface area contributed by atoms with Crippen LogP contribution in [0.4, 0.5) is 5.69 Å². The minimum atomic E-state index is -0.423. The van der Waals surface area contributed by atoms with Crippen molar-refractivity contribution in [3.05, 3.63) is 29.8 Å². The van der Waals surface area contributed by atoms with Crippen molar-refractivity contribution in [2.24, 2.45) is 0 Å². The van der Waals surface area contributed by atoms with Crippen LogP contribution in [0.3, 0.4) is 0 Å². The monoisotopic (exact) mass is 353 g/mol. The van der Waals surface area contributed by atoms with Gasteiger partial charge in [-0.2, -0.15) is 0 Å². The van der Waals surface area contributed by atoms with E-state index in [4.69, 9.17) is 4.74 Å². The molecule has 0 aromatic heterocycles. The molecule has 2 saturated heterocycles. The molecular weight excluding hydrogens is 330 g/mol. The molecule has 2 fully saturated rings. The van der Waals surface area contributed by atoms with Crippen LogP contribution in [0, 0.1) is 0 Å². The second kappa shape index (κ2) is 8.46. The minimum absolute atomic E-state index is 0. The molecule has 2 N–H and O–H groups in total. The van der Waals surface area contributed by atoms with E-state index in [0.29, 0.717) is 19.6 Å². The van der Waals surface area contributed by atoms with Crippen LogP contribution in [0.1, 0.15) is 31.4 Å². The summed E-state index contributed by atoms with van der Waals surface area (Å²) in [4.78, 5) is 25.7. The van der Waals surface area contributed by atoms with Gasteiger partial charge in [0, 0.05) is 31.7 Å². The van der Waals surface area contributed by atoms with Crippen molar-refractivity contribution < 1.29 is 14.3 Å². The van der Waals surface area contributed by atoms with Gasteiger partial charge < -0.3 is 20.3 Å². The van der Waals surface area contributed by atoms with E-state index < -0.39 is 6.10 Å². The van der Waals surface area contributed by atoms with Gasteiger partial charge in [-0.05, 0) is 31.0 Å². The summed E-state index contributed by atoms with van der Waals surface area (Å²) >= 11 is 0. The highest BCUT2D eigenvalue weighted by molar-refractivity contribution is 5.95. The summed E-state index contributed by atoms with van der Waals surface area (Å²) in [6.07, 6.45) is 1.12. The number of morpholine rings is 1. The number of halogens is 1. The van der Waals surface area contributed by atoms with Gasteiger partial charge in [0.05, 0.1) is 12.6 Å². The van der Waals surface area contributed by atoms with E-state index in [1.807, 2.05) is 36.1 Å². The normalized spacial score (nSPS) is 22.0. The largest absolute Gasteiger partial charge is 0.366 e. The van der Waals surface area contributed by atoms with Crippen molar-refractivity contribution in [2.75, 3.05) is 31.1 Å². The van der Waals surface area contributed by atoms with E-state index in [-0.39, 0.29) is 30.3 Å². The van der Waals surface area contributed by atoms with Crippen LogP contribution in [0.15, 0.2) is 24.3 Å². The van der Waals surface area contributed by atoms with Crippen LogP contribution >= 0.6 is 12.4 Å². The van der Waals surface area contributed by atoms with Crippen LogP contribution < -0.4 is 15.5 Å². The summed E-state index contributed by atoms with van der Waals surface area (Å²) in [5.74, 6) is 0.0875. The second-order valence-corrected chi connectivity index (χ2v) is 6.03. The molecule has 2 heterocycles. The summed E-state index contributed by atoms with van der Waals surface area (Å²) in [6, 6.07) is 7.72. The number of ether oxygens (including phenoxy) is 1. The molecule has 7 heteroatoms. The fourth-order valence-electron chi connectivity index (χ4n) is 2.99. The number of hydrogen-bond acceptors (Lipinski definition) is 4. The minimum Gasteiger partial charge on any atom is -0.366 e. The third-order valence-corrected chi connectivity index (χ3v) is 4.36. The van der Waals surface area contributed by atoms with Gasteiger partial charge in [0.2, 0.25) is 5.91 Å². The first-order chi connectivity index (χ1) is 11.1. The highest BCUT2D eigenvalue weighted by atomic mass is 35.5. The summed E-state index contributed by atoms with van der Waals surface area (Å²) in [6.45, 7) is 4.64. The quantitative estimate of drug-likeness (QED) is 0.858. The van der Waals surface area contributed by atoms with Gasteiger partial charge >= 0.3 is 0 Å². The van der Waals surface area contributed by atoms with Gasteiger partial charge in [-0.25, -0.2) is 0 Å². The molecule has 2 aliphatic rings. The van der Waals surface area contributed by atoms with E-state index in [0.717, 1.165) is 30.8 Å². The number of amides is 2. The molecule has 132 valence electrons. The maximum Gasteiger partial charge on any atom is 0.250 e. The lowest BCUT2D eigenvalue weighted by Gasteiger charge is -2.25. The Morgan fingerprint density at radius 2 is 2.12 bits per heavy atom. The third-order valence-electron chi connectivity index (χ3n) is 4.36. The number of carbonyl (C=O) groups excluding carboxylic acids is 2. The Kier molecular flexibility index (Phi) is 6.60. The molecule has 0 aliphatic carbocycles. The SMILES string of the molecule is CC(NC(=O)C1CNCCO1)c1ccc(N2CCCC2=O)cc1.Cl. The highest BCUT2D eigenvalue weighted by Gasteiger charge is 2.24. The molecule has 0 saturated carbocycles. The van der Waals surface area contributed by atoms with Gasteiger partial charge in [-0.3, -0.25) is 9.59 Å². The summed E-state index contributed by atoms with van der Waals surface area (Å²) in [5, 5.41) is 6.13. The van der Waals surface area contributed by atoms with Crippen LogP contribution in [-0.2, 0) is 14.3 Å². The van der Waals surface area contributed by atoms with Gasteiger partial charge in [0.15, 0.2) is 0 Å². The lowest BCUT2D eigenvalue weighted by molar-refractivity contribution is -0.134. The summed E-state index contributed by atoms with van der Waals surface area (Å²) in [7, 11) is 0. The topological polar surface area (TPSA) is 70.7 Å². The molecule has 2 amide bonds. The van der Waals surface area contributed by atoms with Crippen LogP contribution in [0.25, 0.3) is 0 Å². The molecule has 0 bridgehead atoms. The van der Waals surface area contributed by atoms with Crippen molar-refractivity contribution in [1.82, 2.24) is 10.6 Å². The zero-order chi connectivity index (χ0) is 16.2. The maximum absolute atomic E-state index is 12.2. The number of nitrogens with zero attached hydrogens (tertiary/aromatic N) is 1. The number of nitrogens with one attached hydrogen (secondary N) is 2. The molecule has 1 aromatic rings. The van der Waals surface area contributed by atoms with E-state index >= 15 is 0 Å². The fourth-order valence-corrected chi connectivity index (χ4v) is 2.99. The Labute approximate surface area is 148 Å². The zero-order valence-corrected chi connectivity index (χ0v) is 14.6. The molecule has 0 spiro atoms. The fraction of sp³-hybridized carbons (Fsp3) is 0.529. The van der Waals surface area contributed by atoms with Crippen molar-refractivity contribution in [3.63, 3.8) is 0 Å². The summed E-state index contributed by atoms with van der Waals surface area (Å²) < 4.78 is 5.46. The molecule has 2 aliphatic heterocycles. The lowest BCUT2D eigenvalue weighted by Crippen LogP contribution is -2.48. The first-order valence-corrected chi connectivity index (χ1v) is 8.18. The predicted molar refractivity (Wildman–Crippen MR) is 94.4 cm³/mol.